The van der Waals surface area contributed by atoms with E-state index >= 15 is 0 Å². The van der Waals surface area contributed by atoms with Crippen molar-refractivity contribution in [1.29, 1.82) is 0 Å². The zero-order valence-electron chi connectivity index (χ0n) is 8.23. The molecule has 4 heteroatoms. The van der Waals surface area contributed by atoms with E-state index in [2.05, 4.69) is 6.92 Å². The molecule has 0 saturated heterocycles. The summed E-state index contributed by atoms with van der Waals surface area (Å²) >= 11 is 0. The maximum absolute atomic E-state index is 11.1. The number of hydrogen-bond donors (Lipinski definition) is 1. The van der Waals surface area contributed by atoms with Crippen molar-refractivity contribution < 1.29 is 14.4 Å². The van der Waals surface area contributed by atoms with Crippen LogP contribution in [0.1, 0.15) is 19.8 Å². The van der Waals surface area contributed by atoms with Gasteiger partial charge in [0, 0.05) is 7.05 Å². The Bertz CT molecular complexity index is 228. The van der Waals surface area contributed by atoms with E-state index in [0.717, 1.165) is 12.8 Å². The van der Waals surface area contributed by atoms with Crippen LogP contribution < -0.4 is 0 Å². The Hall–Kier alpha value is -1.03. The molecule has 0 aromatic carbocycles. The summed E-state index contributed by atoms with van der Waals surface area (Å²) < 4.78 is 0.0599. The first-order chi connectivity index (χ1) is 6.10. The number of carboxylic acid groups (broad SMARTS) is 1. The lowest BCUT2D eigenvalue weighted by molar-refractivity contribution is -0.808. The fourth-order valence-electron chi connectivity index (χ4n) is 1.54. The van der Waals surface area contributed by atoms with Crippen molar-refractivity contribution in [3.63, 3.8) is 0 Å². The summed E-state index contributed by atoms with van der Waals surface area (Å²) in [6.45, 7) is 3.31. The Morgan fingerprint density at radius 2 is 2.38 bits per heavy atom. The summed E-state index contributed by atoms with van der Waals surface area (Å²) in [5, 5.41) is 9.10. The summed E-state index contributed by atoms with van der Waals surface area (Å²) in [6, 6.07) is 0. The van der Waals surface area contributed by atoms with Crippen LogP contribution in [0.15, 0.2) is 12.4 Å². The molecule has 1 atom stereocenters. The standard InChI is InChI=1S/C9H16N2O2/c1-3-4-6-11(9(12)13)7-5-10(2)8-11/h5,7H,3-4,6,8H2,1-2H3/p+1. The monoisotopic (exact) mass is 185 g/mol. The highest BCUT2D eigenvalue weighted by Crippen LogP contribution is 2.18. The van der Waals surface area contributed by atoms with E-state index in [1.54, 1.807) is 6.20 Å². The summed E-state index contributed by atoms with van der Waals surface area (Å²) in [7, 11) is 1.89. The summed E-state index contributed by atoms with van der Waals surface area (Å²) in [4.78, 5) is 13.0. The number of hydrogen-bond acceptors (Lipinski definition) is 2. The van der Waals surface area contributed by atoms with Crippen molar-refractivity contribution in [3.05, 3.63) is 12.4 Å². The molecule has 0 aromatic rings. The highest BCUT2D eigenvalue weighted by molar-refractivity contribution is 5.57. The fraction of sp³-hybridized carbons (Fsp3) is 0.667. The second kappa shape index (κ2) is 3.79. The normalized spacial score (nSPS) is 26.8. The second-order valence-corrected chi connectivity index (χ2v) is 3.59. The van der Waals surface area contributed by atoms with Crippen molar-refractivity contribution >= 4 is 6.09 Å². The minimum atomic E-state index is -0.756. The Morgan fingerprint density at radius 1 is 1.69 bits per heavy atom. The van der Waals surface area contributed by atoms with Crippen molar-refractivity contribution in [1.82, 2.24) is 4.90 Å². The molecule has 0 radical (unpaired) electrons. The zero-order valence-corrected chi connectivity index (χ0v) is 8.23. The Morgan fingerprint density at radius 3 is 2.77 bits per heavy atom. The first kappa shape index (κ1) is 10.1. The van der Waals surface area contributed by atoms with E-state index in [1.165, 1.54) is 0 Å². The third kappa shape index (κ3) is 2.01. The molecular formula is C9H17N2O2+. The summed E-state index contributed by atoms with van der Waals surface area (Å²) in [5.41, 5.74) is 0. The Balaban J connectivity index is 2.67. The molecule has 1 aliphatic rings. The predicted octanol–water partition coefficient (Wildman–Crippen LogP) is 1.66. The number of carbonyl (C=O) groups is 1. The molecule has 1 heterocycles. The molecule has 1 aliphatic heterocycles. The van der Waals surface area contributed by atoms with Crippen LogP contribution in [-0.4, -0.2) is 40.8 Å². The molecule has 0 saturated carbocycles. The lowest BCUT2D eigenvalue weighted by atomic mass is 10.3. The predicted molar refractivity (Wildman–Crippen MR) is 49.8 cm³/mol. The van der Waals surface area contributed by atoms with Crippen LogP contribution in [0, 0.1) is 0 Å². The van der Waals surface area contributed by atoms with Gasteiger partial charge in [0.05, 0.1) is 12.7 Å². The number of unbranched alkanes of at least 4 members (excludes halogenated alkanes) is 1. The number of amides is 1. The quantitative estimate of drug-likeness (QED) is 0.680. The van der Waals surface area contributed by atoms with Crippen LogP contribution in [0.4, 0.5) is 4.79 Å². The van der Waals surface area contributed by atoms with E-state index < -0.39 is 6.09 Å². The molecular weight excluding hydrogens is 168 g/mol. The van der Waals surface area contributed by atoms with Gasteiger partial charge in [-0.3, -0.25) is 0 Å². The first-order valence-electron chi connectivity index (χ1n) is 4.60. The maximum Gasteiger partial charge on any atom is 0.519 e. The third-order valence-corrected chi connectivity index (χ3v) is 2.37. The van der Waals surface area contributed by atoms with Gasteiger partial charge in [-0.05, 0) is 6.42 Å². The topological polar surface area (TPSA) is 40.5 Å². The van der Waals surface area contributed by atoms with Crippen LogP contribution in [0.2, 0.25) is 0 Å². The highest BCUT2D eigenvalue weighted by Gasteiger charge is 2.38. The molecule has 0 bridgehead atoms. The molecule has 1 unspecified atom stereocenters. The minimum absolute atomic E-state index is 0.0599. The van der Waals surface area contributed by atoms with Crippen molar-refractivity contribution in [2.24, 2.45) is 0 Å². The molecule has 0 fully saturated rings. The zero-order chi connectivity index (χ0) is 9.90. The van der Waals surface area contributed by atoms with E-state index in [0.29, 0.717) is 13.2 Å². The molecule has 0 aromatic heterocycles. The SMILES string of the molecule is CCCC[N+]1(C(=O)O)C=CN(C)C1. The van der Waals surface area contributed by atoms with Crippen LogP contribution in [0.25, 0.3) is 0 Å². The number of nitrogens with zero attached hydrogens (tertiary/aromatic N) is 2. The van der Waals surface area contributed by atoms with E-state index in [9.17, 15) is 4.79 Å². The van der Waals surface area contributed by atoms with Crippen LogP contribution in [-0.2, 0) is 0 Å². The van der Waals surface area contributed by atoms with Gasteiger partial charge in [0.2, 0.25) is 0 Å². The van der Waals surface area contributed by atoms with Gasteiger partial charge in [-0.15, -0.1) is 0 Å². The third-order valence-electron chi connectivity index (χ3n) is 2.37. The van der Waals surface area contributed by atoms with E-state index in [1.807, 2.05) is 18.1 Å². The Labute approximate surface area is 78.6 Å². The largest absolute Gasteiger partial charge is 0.519 e. The summed E-state index contributed by atoms with van der Waals surface area (Å²) in [5.74, 6) is 0. The average molecular weight is 185 g/mol. The molecule has 13 heavy (non-hydrogen) atoms. The second-order valence-electron chi connectivity index (χ2n) is 3.59. The van der Waals surface area contributed by atoms with E-state index in [4.69, 9.17) is 5.11 Å². The van der Waals surface area contributed by atoms with Crippen molar-refractivity contribution in [3.8, 4) is 0 Å². The molecule has 1 amide bonds. The van der Waals surface area contributed by atoms with Gasteiger partial charge in [0.25, 0.3) is 0 Å². The number of quaternary nitrogens is 1. The molecule has 4 nitrogen and oxygen atoms in total. The lowest BCUT2D eigenvalue weighted by Gasteiger charge is -2.25. The molecule has 1 N–H and O–H groups in total. The van der Waals surface area contributed by atoms with Gasteiger partial charge in [-0.2, -0.15) is 9.28 Å². The summed E-state index contributed by atoms with van der Waals surface area (Å²) in [6.07, 6.45) is 4.82. The van der Waals surface area contributed by atoms with Gasteiger partial charge in [-0.1, -0.05) is 13.3 Å². The fourth-order valence-corrected chi connectivity index (χ4v) is 1.54. The molecule has 1 rings (SSSR count). The van der Waals surface area contributed by atoms with Gasteiger partial charge >= 0.3 is 6.09 Å². The minimum Gasteiger partial charge on any atom is -0.435 e. The Kier molecular flexibility index (Phi) is 2.93. The van der Waals surface area contributed by atoms with Crippen molar-refractivity contribution in [2.75, 3.05) is 20.3 Å². The van der Waals surface area contributed by atoms with Gasteiger partial charge in [0.15, 0.2) is 6.67 Å². The van der Waals surface area contributed by atoms with Crippen molar-refractivity contribution in [2.45, 2.75) is 19.8 Å². The van der Waals surface area contributed by atoms with Gasteiger partial charge in [0.1, 0.15) is 6.20 Å². The van der Waals surface area contributed by atoms with Gasteiger partial charge in [-0.25, -0.2) is 0 Å². The van der Waals surface area contributed by atoms with Gasteiger partial charge < -0.3 is 10.0 Å². The van der Waals surface area contributed by atoms with Crippen LogP contribution >= 0.6 is 0 Å². The maximum atomic E-state index is 11.1. The number of rotatable bonds is 3. The molecule has 0 spiro atoms. The molecule has 74 valence electrons. The van der Waals surface area contributed by atoms with Crippen LogP contribution in [0.3, 0.4) is 0 Å². The highest BCUT2D eigenvalue weighted by atomic mass is 16.4. The first-order valence-corrected chi connectivity index (χ1v) is 4.60. The van der Waals surface area contributed by atoms with E-state index in [-0.39, 0.29) is 4.48 Å². The molecule has 0 aliphatic carbocycles. The average Bonchev–Trinajstić information content (AvgIpc) is 2.45. The lowest BCUT2D eigenvalue weighted by Crippen LogP contribution is -2.49. The van der Waals surface area contributed by atoms with Crippen LogP contribution in [0.5, 0.6) is 0 Å². The smallest absolute Gasteiger partial charge is 0.435 e.